The molecule has 2 aromatic rings. The molecule has 0 aliphatic carbocycles. The normalized spacial score (nSPS) is 12.3. The van der Waals surface area contributed by atoms with Crippen LogP contribution in [0, 0.1) is 0 Å². The summed E-state index contributed by atoms with van der Waals surface area (Å²) in [6.45, 7) is 2.06. The predicted molar refractivity (Wildman–Crippen MR) is 77.9 cm³/mol. The topological polar surface area (TPSA) is 48.1 Å². The number of para-hydroxylation sites is 1. The lowest BCUT2D eigenvalue weighted by molar-refractivity contribution is 0.207. The number of ether oxygens (including phenoxy) is 1. The van der Waals surface area contributed by atoms with Gasteiger partial charge in [-0.15, -0.1) is 0 Å². The molecule has 18 heavy (non-hydrogen) atoms. The van der Waals surface area contributed by atoms with Gasteiger partial charge in [-0.1, -0.05) is 37.3 Å². The quantitative estimate of drug-likeness (QED) is 0.839. The summed E-state index contributed by atoms with van der Waals surface area (Å²) in [7, 11) is 0. The van der Waals surface area contributed by atoms with Gasteiger partial charge in [-0.25, -0.2) is 0 Å². The van der Waals surface area contributed by atoms with Crippen molar-refractivity contribution >= 4 is 28.1 Å². The second-order valence-corrected chi connectivity index (χ2v) is 4.67. The summed E-state index contributed by atoms with van der Waals surface area (Å²) < 4.78 is 5.96. The van der Waals surface area contributed by atoms with Crippen molar-refractivity contribution < 1.29 is 4.74 Å². The Morgan fingerprint density at radius 2 is 2.17 bits per heavy atom. The molecular weight excluding hydrogens is 244 g/mol. The first kappa shape index (κ1) is 12.8. The third kappa shape index (κ3) is 2.96. The van der Waals surface area contributed by atoms with Gasteiger partial charge < -0.3 is 10.5 Å². The molecule has 0 bridgehead atoms. The molecule has 0 aliphatic rings. The number of nitrogens with two attached hydrogens (primary N) is 1. The maximum atomic E-state index is 5.96. The fourth-order valence-corrected chi connectivity index (χ4v) is 2.03. The molecule has 0 aliphatic heterocycles. The highest BCUT2D eigenvalue weighted by Gasteiger charge is 2.11. The van der Waals surface area contributed by atoms with Gasteiger partial charge in [0.15, 0.2) is 0 Å². The average molecular weight is 260 g/mol. The molecule has 0 fully saturated rings. The lowest BCUT2D eigenvalue weighted by Gasteiger charge is -2.17. The van der Waals surface area contributed by atoms with E-state index in [-0.39, 0.29) is 6.10 Å². The monoisotopic (exact) mass is 260 g/mol. The molecule has 0 saturated carbocycles. The van der Waals surface area contributed by atoms with E-state index >= 15 is 0 Å². The number of nitrogens with zero attached hydrogens (tertiary/aromatic N) is 1. The first-order chi connectivity index (χ1) is 8.70. The van der Waals surface area contributed by atoms with Gasteiger partial charge in [0.2, 0.25) is 0 Å². The highest BCUT2D eigenvalue weighted by Crippen LogP contribution is 2.25. The van der Waals surface area contributed by atoms with Crippen LogP contribution >= 0.6 is 12.2 Å². The van der Waals surface area contributed by atoms with Gasteiger partial charge in [-0.05, 0) is 18.6 Å². The van der Waals surface area contributed by atoms with E-state index in [9.17, 15) is 0 Å². The van der Waals surface area contributed by atoms with E-state index in [4.69, 9.17) is 22.7 Å². The van der Waals surface area contributed by atoms with Gasteiger partial charge >= 0.3 is 0 Å². The molecule has 0 amide bonds. The van der Waals surface area contributed by atoms with Crippen LogP contribution in [0.5, 0.6) is 5.75 Å². The standard InChI is InChI=1S/C14H16N2OS/c1-2-11(9-13(15)18)17-12-7-3-5-10-6-4-8-16-14(10)12/h3-8,11H,2,9H2,1H3,(H2,15,18). The van der Waals surface area contributed by atoms with E-state index in [1.54, 1.807) is 6.20 Å². The minimum Gasteiger partial charge on any atom is -0.488 e. The van der Waals surface area contributed by atoms with E-state index < -0.39 is 0 Å². The van der Waals surface area contributed by atoms with Crippen molar-refractivity contribution in [3.05, 3.63) is 36.5 Å². The summed E-state index contributed by atoms with van der Waals surface area (Å²) in [5.74, 6) is 0.788. The number of hydrogen-bond acceptors (Lipinski definition) is 3. The Labute approximate surface area is 112 Å². The van der Waals surface area contributed by atoms with Gasteiger partial charge in [0, 0.05) is 18.0 Å². The molecule has 0 saturated heterocycles. The summed E-state index contributed by atoms with van der Waals surface area (Å²) in [5.41, 5.74) is 6.45. The van der Waals surface area contributed by atoms with Gasteiger partial charge in [0.1, 0.15) is 17.4 Å². The maximum absolute atomic E-state index is 5.96. The fourth-order valence-electron chi connectivity index (χ4n) is 1.84. The Kier molecular flexibility index (Phi) is 4.10. The van der Waals surface area contributed by atoms with Crippen LogP contribution in [0.25, 0.3) is 10.9 Å². The van der Waals surface area contributed by atoms with Crippen LogP contribution in [0.1, 0.15) is 19.8 Å². The molecule has 0 spiro atoms. The Hall–Kier alpha value is -1.68. The molecule has 4 heteroatoms. The molecule has 2 rings (SSSR count). The zero-order valence-electron chi connectivity index (χ0n) is 10.3. The van der Waals surface area contributed by atoms with Crippen molar-refractivity contribution in [1.29, 1.82) is 0 Å². The zero-order valence-corrected chi connectivity index (χ0v) is 11.1. The van der Waals surface area contributed by atoms with Crippen LogP contribution in [0.3, 0.4) is 0 Å². The number of pyridine rings is 1. The molecule has 2 N–H and O–H groups in total. The van der Waals surface area contributed by atoms with Gasteiger partial charge in [-0.3, -0.25) is 4.98 Å². The van der Waals surface area contributed by atoms with Crippen molar-refractivity contribution in [3.63, 3.8) is 0 Å². The molecule has 3 nitrogen and oxygen atoms in total. The van der Waals surface area contributed by atoms with Crippen molar-refractivity contribution in [1.82, 2.24) is 4.98 Å². The summed E-state index contributed by atoms with van der Waals surface area (Å²) in [4.78, 5) is 4.84. The van der Waals surface area contributed by atoms with Crippen molar-refractivity contribution in [3.8, 4) is 5.75 Å². The van der Waals surface area contributed by atoms with E-state index in [1.807, 2.05) is 30.3 Å². The Morgan fingerprint density at radius 3 is 2.89 bits per heavy atom. The molecule has 94 valence electrons. The average Bonchev–Trinajstić information content (AvgIpc) is 2.38. The van der Waals surface area contributed by atoms with Crippen LogP contribution in [-0.2, 0) is 0 Å². The zero-order chi connectivity index (χ0) is 13.0. The molecule has 1 aromatic carbocycles. The highest BCUT2D eigenvalue weighted by atomic mass is 32.1. The van der Waals surface area contributed by atoms with Gasteiger partial charge in [0.25, 0.3) is 0 Å². The van der Waals surface area contributed by atoms with Gasteiger partial charge in [-0.2, -0.15) is 0 Å². The highest BCUT2D eigenvalue weighted by molar-refractivity contribution is 7.80. The number of benzene rings is 1. The smallest absolute Gasteiger partial charge is 0.145 e. The second-order valence-electron chi connectivity index (χ2n) is 4.15. The number of rotatable bonds is 5. The van der Waals surface area contributed by atoms with E-state index in [0.29, 0.717) is 11.4 Å². The fraction of sp³-hybridized carbons (Fsp3) is 0.286. The Bertz CT molecular complexity index is 551. The van der Waals surface area contributed by atoms with Gasteiger partial charge in [0.05, 0.1) is 4.99 Å². The van der Waals surface area contributed by atoms with Crippen LogP contribution in [0.2, 0.25) is 0 Å². The second kappa shape index (κ2) is 5.78. The number of thiocarbonyl (C=S) groups is 1. The van der Waals surface area contributed by atoms with E-state index in [2.05, 4.69) is 11.9 Å². The van der Waals surface area contributed by atoms with E-state index in [1.165, 1.54) is 0 Å². The van der Waals surface area contributed by atoms with Crippen molar-refractivity contribution in [2.75, 3.05) is 0 Å². The summed E-state index contributed by atoms with van der Waals surface area (Å²) in [6.07, 6.45) is 3.23. The number of fused-ring (bicyclic) bond motifs is 1. The first-order valence-electron chi connectivity index (χ1n) is 5.99. The lowest BCUT2D eigenvalue weighted by Crippen LogP contribution is -2.23. The SMILES string of the molecule is CCC(CC(N)=S)Oc1cccc2cccnc12. The van der Waals surface area contributed by atoms with E-state index in [0.717, 1.165) is 23.1 Å². The molecule has 1 atom stereocenters. The molecular formula is C14H16N2OS. The van der Waals surface area contributed by atoms with Crippen molar-refractivity contribution in [2.24, 2.45) is 5.73 Å². The molecule has 0 radical (unpaired) electrons. The van der Waals surface area contributed by atoms with Crippen LogP contribution < -0.4 is 10.5 Å². The summed E-state index contributed by atoms with van der Waals surface area (Å²) in [5, 5.41) is 1.07. The summed E-state index contributed by atoms with van der Waals surface area (Å²) in [6, 6.07) is 9.84. The molecule has 1 heterocycles. The summed E-state index contributed by atoms with van der Waals surface area (Å²) >= 11 is 4.93. The van der Waals surface area contributed by atoms with Crippen LogP contribution in [0.4, 0.5) is 0 Å². The van der Waals surface area contributed by atoms with Crippen molar-refractivity contribution in [2.45, 2.75) is 25.9 Å². The lowest BCUT2D eigenvalue weighted by atomic mass is 10.2. The van der Waals surface area contributed by atoms with Crippen LogP contribution in [0.15, 0.2) is 36.5 Å². The maximum Gasteiger partial charge on any atom is 0.145 e. The molecule has 1 unspecified atom stereocenters. The molecule has 1 aromatic heterocycles. The Balaban J connectivity index is 2.27. The predicted octanol–water partition coefficient (Wildman–Crippen LogP) is 3.07. The number of aromatic nitrogens is 1. The largest absolute Gasteiger partial charge is 0.488 e. The first-order valence-corrected chi connectivity index (χ1v) is 6.40. The third-order valence-electron chi connectivity index (χ3n) is 2.77. The third-order valence-corrected chi connectivity index (χ3v) is 2.94. The minimum atomic E-state index is 0.00936. The van der Waals surface area contributed by atoms with Crippen LogP contribution in [-0.4, -0.2) is 16.1 Å². The Morgan fingerprint density at radius 1 is 1.39 bits per heavy atom. The number of hydrogen-bond donors (Lipinski definition) is 1. The minimum absolute atomic E-state index is 0.00936.